The Bertz CT molecular complexity index is 1510. The van der Waals surface area contributed by atoms with E-state index in [9.17, 15) is 18.0 Å². The van der Waals surface area contributed by atoms with Gasteiger partial charge in [0.1, 0.15) is 17.5 Å². The van der Waals surface area contributed by atoms with Crippen LogP contribution in [0.25, 0.3) is 10.9 Å². The molecule has 0 spiro atoms. The lowest BCUT2D eigenvalue weighted by molar-refractivity contribution is 0.146. The second kappa shape index (κ2) is 11.2. The van der Waals surface area contributed by atoms with Crippen molar-refractivity contribution in [3.05, 3.63) is 81.7 Å². The smallest absolute Gasteiger partial charge is 0.266 e. The van der Waals surface area contributed by atoms with Crippen LogP contribution in [0.15, 0.2) is 53.3 Å². The van der Waals surface area contributed by atoms with Crippen LogP contribution in [0, 0.1) is 12.7 Å². The first kappa shape index (κ1) is 27.1. The molecule has 0 saturated heterocycles. The number of benzene rings is 2. The lowest BCUT2D eigenvalue weighted by Crippen LogP contribution is -2.29. The first-order valence-corrected chi connectivity index (χ1v) is 12.1. The number of hydrogen-bond acceptors (Lipinski definition) is 7. The van der Waals surface area contributed by atoms with Crippen LogP contribution in [0.4, 0.5) is 30.5 Å². The van der Waals surface area contributed by atoms with E-state index in [-0.39, 0.29) is 11.1 Å². The van der Waals surface area contributed by atoms with Gasteiger partial charge in [0.2, 0.25) is 0 Å². The second-order valence-electron chi connectivity index (χ2n) is 9.35. The summed E-state index contributed by atoms with van der Waals surface area (Å²) >= 11 is 0. The first-order chi connectivity index (χ1) is 18.0. The van der Waals surface area contributed by atoms with Gasteiger partial charge in [0.15, 0.2) is 5.82 Å². The van der Waals surface area contributed by atoms with Crippen LogP contribution in [0.3, 0.4) is 0 Å². The molecule has 1 N–H and O–H groups in total. The van der Waals surface area contributed by atoms with Crippen molar-refractivity contribution in [2.75, 3.05) is 37.9 Å². The maximum atomic E-state index is 14.8. The van der Waals surface area contributed by atoms with Gasteiger partial charge in [0, 0.05) is 36.3 Å². The van der Waals surface area contributed by atoms with Gasteiger partial charge in [-0.05, 0) is 52.2 Å². The summed E-state index contributed by atoms with van der Waals surface area (Å²) in [4.78, 5) is 25.1. The van der Waals surface area contributed by atoms with E-state index < -0.39 is 23.8 Å². The number of likely N-dealkylation sites (N-methyl/N-ethyl adjacent to an activating group) is 1. The summed E-state index contributed by atoms with van der Waals surface area (Å²) < 4.78 is 42.7. The molecule has 4 rings (SSSR count). The van der Waals surface area contributed by atoms with Crippen LogP contribution in [-0.4, -0.2) is 52.3 Å². The fourth-order valence-corrected chi connectivity index (χ4v) is 4.11. The Labute approximate surface area is 218 Å². The molecular formula is C27H30F3N7O. The first-order valence-electron chi connectivity index (χ1n) is 12.1. The summed E-state index contributed by atoms with van der Waals surface area (Å²) in [5.41, 5.74) is 0.717. The van der Waals surface area contributed by atoms with Crippen molar-refractivity contribution in [1.29, 1.82) is 0 Å². The van der Waals surface area contributed by atoms with E-state index in [0.29, 0.717) is 41.5 Å². The second-order valence-corrected chi connectivity index (χ2v) is 9.35. The van der Waals surface area contributed by atoms with E-state index >= 15 is 0 Å². The largest absolute Gasteiger partial charge is 0.363 e. The van der Waals surface area contributed by atoms with Gasteiger partial charge in [0.25, 0.3) is 12.0 Å². The number of rotatable bonds is 9. The normalized spacial score (nSPS) is 12.4. The third-order valence-corrected chi connectivity index (χ3v) is 6.25. The number of aryl methyl sites for hydroxylation is 1. The van der Waals surface area contributed by atoms with E-state index in [1.54, 1.807) is 19.9 Å². The molecule has 0 fully saturated rings. The number of fused-ring (bicyclic) bond motifs is 1. The maximum Gasteiger partial charge on any atom is 0.266 e. The van der Waals surface area contributed by atoms with E-state index in [4.69, 9.17) is 0 Å². The minimum absolute atomic E-state index is 0.115. The molecule has 0 aliphatic carbocycles. The van der Waals surface area contributed by atoms with Crippen molar-refractivity contribution in [3.8, 4) is 0 Å². The van der Waals surface area contributed by atoms with Crippen molar-refractivity contribution in [2.24, 2.45) is 0 Å². The molecular weight excluding hydrogens is 495 g/mol. The molecule has 11 heteroatoms. The van der Waals surface area contributed by atoms with Crippen LogP contribution in [0.2, 0.25) is 0 Å². The van der Waals surface area contributed by atoms with Crippen LogP contribution in [-0.2, 0) is 6.54 Å². The summed E-state index contributed by atoms with van der Waals surface area (Å²) in [7, 11) is 5.69. The Hall–Kier alpha value is -3.99. The number of hydrogen-bond donors (Lipinski definition) is 1. The highest BCUT2D eigenvalue weighted by molar-refractivity contribution is 5.92. The molecule has 2 aromatic heterocycles. The average molecular weight is 526 g/mol. The van der Waals surface area contributed by atoms with Gasteiger partial charge in [-0.15, -0.1) is 0 Å². The number of nitrogens with zero attached hydrogens (tertiary/aromatic N) is 6. The predicted molar refractivity (Wildman–Crippen MR) is 143 cm³/mol. The van der Waals surface area contributed by atoms with Gasteiger partial charge in [-0.2, -0.15) is 5.10 Å². The summed E-state index contributed by atoms with van der Waals surface area (Å²) in [5, 5.41) is 8.35. The van der Waals surface area contributed by atoms with Crippen LogP contribution in [0.5, 0.6) is 0 Å². The third-order valence-electron chi connectivity index (χ3n) is 6.25. The van der Waals surface area contributed by atoms with Gasteiger partial charge in [0.05, 0.1) is 23.7 Å². The highest BCUT2D eigenvalue weighted by Crippen LogP contribution is 2.32. The van der Waals surface area contributed by atoms with E-state index in [2.05, 4.69) is 20.4 Å². The molecule has 0 radical (unpaired) electrons. The molecule has 38 heavy (non-hydrogen) atoms. The zero-order chi connectivity index (χ0) is 27.6. The lowest BCUT2D eigenvalue weighted by atomic mass is 10.0. The Morgan fingerprint density at radius 3 is 2.47 bits per heavy atom. The summed E-state index contributed by atoms with van der Waals surface area (Å²) in [6.45, 7) is 4.55. The summed E-state index contributed by atoms with van der Waals surface area (Å²) in [6.07, 6.45) is -2.91. The van der Waals surface area contributed by atoms with Gasteiger partial charge in [-0.25, -0.2) is 27.8 Å². The quantitative estimate of drug-likeness (QED) is 0.327. The summed E-state index contributed by atoms with van der Waals surface area (Å²) in [5.74, 6) is 0.587. The summed E-state index contributed by atoms with van der Waals surface area (Å²) in [6, 6.07) is 12.1. The topological polar surface area (TPSA) is 79.2 Å². The number of halogens is 3. The molecule has 200 valence electrons. The number of anilines is 3. The maximum absolute atomic E-state index is 14.8. The minimum Gasteiger partial charge on any atom is -0.363 e. The average Bonchev–Trinajstić information content (AvgIpc) is 2.87. The fraction of sp³-hybridized carbons (Fsp3) is 0.333. The number of alkyl halides is 2. The molecule has 4 aromatic rings. The highest BCUT2D eigenvalue weighted by atomic mass is 19.3. The van der Waals surface area contributed by atoms with Crippen molar-refractivity contribution in [2.45, 2.75) is 32.9 Å². The molecule has 0 unspecified atom stereocenters. The van der Waals surface area contributed by atoms with Crippen molar-refractivity contribution in [3.63, 3.8) is 0 Å². The van der Waals surface area contributed by atoms with Crippen molar-refractivity contribution in [1.82, 2.24) is 24.6 Å². The third kappa shape index (κ3) is 5.77. The standard InChI is InChI=1S/C27H30F3N7O/c1-16(19-7-6-8-20(25(19)28)26(29)30)31-27-21-15-18(9-10-22(21)32-17(2)33-27)36(5)23-11-12-24(38)37(34-23)14-13-35(3)4/h6-12,15-16,26H,13-14H2,1-5H3,(H,31,32,33)/t16-/m1/s1. The molecule has 0 aliphatic rings. The Kier molecular flexibility index (Phi) is 7.96. The molecule has 2 heterocycles. The fourth-order valence-electron chi connectivity index (χ4n) is 4.11. The molecule has 0 aliphatic heterocycles. The number of nitrogens with one attached hydrogen (secondary N) is 1. The predicted octanol–water partition coefficient (Wildman–Crippen LogP) is 5.07. The van der Waals surface area contributed by atoms with Gasteiger partial charge >= 0.3 is 0 Å². The van der Waals surface area contributed by atoms with E-state index in [1.165, 1.54) is 22.9 Å². The van der Waals surface area contributed by atoms with Crippen LogP contribution >= 0.6 is 0 Å². The zero-order valence-corrected chi connectivity index (χ0v) is 21.9. The molecule has 8 nitrogen and oxygen atoms in total. The van der Waals surface area contributed by atoms with Gasteiger partial charge < -0.3 is 15.1 Å². The SMILES string of the molecule is Cc1nc(N[C@H](C)c2cccc(C(F)F)c2F)c2cc(N(C)c3ccc(=O)n(CCN(C)C)n3)ccc2n1. The van der Waals surface area contributed by atoms with E-state index in [1.807, 2.05) is 49.1 Å². The zero-order valence-electron chi connectivity index (χ0n) is 21.9. The highest BCUT2D eigenvalue weighted by Gasteiger charge is 2.21. The Balaban J connectivity index is 1.69. The van der Waals surface area contributed by atoms with Crippen molar-refractivity contribution < 1.29 is 13.2 Å². The number of aromatic nitrogens is 4. The molecule has 1 atom stereocenters. The molecule has 0 bridgehead atoms. The monoisotopic (exact) mass is 525 g/mol. The lowest BCUT2D eigenvalue weighted by Gasteiger charge is -2.21. The van der Waals surface area contributed by atoms with Crippen LogP contribution < -0.4 is 15.8 Å². The van der Waals surface area contributed by atoms with Crippen molar-refractivity contribution >= 4 is 28.2 Å². The molecule has 2 aromatic carbocycles. The molecule has 0 amide bonds. The molecule has 0 saturated carbocycles. The van der Waals surface area contributed by atoms with Crippen LogP contribution in [0.1, 0.15) is 36.3 Å². The Morgan fingerprint density at radius 1 is 1.03 bits per heavy atom. The Morgan fingerprint density at radius 2 is 1.76 bits per heavy atom. The minimum atomic E-state index is -2.91. The van der Waals surface area contributed by atoms with Gasteiger partial charge in [-0.1, -0.05) is 18.2 Å². The van der Waals surface area contributed by atoms with Gasteiger partial charge in [-0.3, -0.25) is 4.79 Å². The van der Waals surface area contributed by atoms with E-state index in [0.717, 1.165) is 11.8 Å².